The van der Waals surface area contributed by atoms with Gasteiger partial charge < -0.3 is 21.3 Å². The molecular formula is C28H34N8O. The zero-order valence-corrected chi connectivity index (χ0v) is 21.7. The maximum absolute atomic E-state index is 12.3. The fraction of sp³-hybridized carbons (Fsp3) is 0.321. The molecule has 4 N–H and O–H groups in total. The number of hydrogen-bond donors (Lipinski definition) is 4. The van der Waals surface area contributed by atoms with Crippen molar-refractivity contribution in [1.29, 1.82) is 0 Å². The lowest BCUT2D eigenvalue weighted by Crippen LogP contribution is -2.19. The van der Waals surface area contributed by atoms with Crippen molar-refractivity contribution in [3.05, 3.63) is 72.3 Å². The molecule has 9 heteroatoms. The molecule has 4 aromatic rings. The highest BCUT2D eigenvalue weighted by Crippen LogP contribution is 2.31. The number of likely N-dealkylation sites (N-methyl/N-ethyl adjacent to an activating group) is 1. The Hall–Kier alpha value is -4.11. The minimum atomic E-state index is -0.110. The third-order valence-electron chi connectivity index (χ3n) is 6.63. The van der Waals surface area contributed by atoms with Crippen molar-refractivity contribution in [2.45, 2.75) is 19.8 Å². The molecule has 0 saturated carbocycles. The van der Waals surface area contributed by atoms with Gasteiger partial charge in [-0.3, -0.25) is 9.78 Å². The van der Waals surface area contributed by atoms with Crippen LogP contribution in [0.5, 0.6) is 0 Å². The Labute approximate surface area is 217 Å². The second-order valence-corrected chi connectivity index (χ2v) is 9.08. The highest BCUT2D eigenvalue weighted by Gasteiger charge is 2.19. The highest BCUT2D eigenvalue weighted by atomic mass is 16.1. The Kier molecular flexibility index (Phi) is 8.58. The van der Waals surface area contributed by atoms with Crippen molar-refractivity contribution in [1.82, 2.24) is 30.6 Å². The van der Waals surface area contributed by atoms with Gasteiger partial charge in [0, 0.05) is 56.1 Å². The van der Waals surface area contributed by atoms with Gasteiger partial charge in [-0.15, -0.1) is 0 Å². The van der Waals surface area contributed by atoms with Crippen LogP contribution in [0, 0.1) is 5.92 Å². The van der Waals surface area contributed by atoms with Gasteiger partial charge in [0.05, 0.1) is 16.8 Å². The number of hydrogen-bond acceptors (Lipinski definition) is 8. The molecule has 1 unspecified atom stereocenters. The van der Waals surface area contributed by atoms with Gasteiger partial charge in [0.2, 0.25) is 0 Å². The van der Waals surface area contributed by atoms with E-state index in [1.165, 1.54) is 0 Å². The minimum absolute atomic E-state index is 0.110. The van der Waals surface area contributed by atoms with Crippen LogP contribution in [-0.4, -0.2) is 59.6 Å². The molecule has 3 heterocycles. The monoisotopic (exact) mass is 498 g/mol. The highest BCUT2D eigenvalue weighted by molar-refractivity contribution is 6.06. The first-order chi connectivity index (χ1) is 18.0. The maximum Gasteiger partial charge on any atom is 0.251 e. The largest absolute Gasteiger partial charge is 0.370 e. The normalized spacial score (nSPS) is 12.6. The first-order valence-electron chi connectivity index (χ1n) is 12.5. The van der Waals surface area contributed by atoms with E-state index in [0.29, 0.717) is 5.56 Å². The lowest BCUT2D eigenvalue weighted by atomic mass is 9.87. The molecule has 0 radical (unpaired) electrons. The Morgan fingerprint density at radius 1 is 0.919 bits per heavy atom. The summed E-state index contributed by atoms with van der Waals surface area (Å²) in [6.07, 6.45) is 5.09. The molecule has 0 aliphatic carbocycles. The van der Waals surface area contributed by atoms with Crippen LogP contribution in [0.1, 0.15) is 35.7 Å². The van der Waals surface area contributed by atoms with E-state index in [9.17, 15) is 4.79 Å². The molecule has 37 heavy (non-hydrogen) atoms. The van der Waals surface area contributed by atoms with Crippen LogP contribution < -0.4 is 21.3 Å². The van der Waals surface area contributed by atoms with E-state index in [1.807, 2.05) is 43.6 Å². The number of benzene rings is 1. The van der Waals surface area contributed by atoms with Crippen molar-refractivity contribution in [3.63, 3.8) is 0 Å². The molecule has 0 saturated heterocycles. The second kappa shape index (κ2) is 12.2. The Morgan fingerprint density at radius 2 is 1.78 bits per heavy atom. The lowest BCUT2D eigenvalue weighted by Gasteiger charge is -2.22. The van der Waals surface area contributed by atoms with Crippen LogP contribution in [0.3, 0.4) is 0 Å². The number of nitrogens with one attached hydrogen (secondary N) is 4. The first kappa shape index (κ1) is 26.0. The molecular weight excluding hydrogens is 464 g/mol. The molecule has 2 atom stereocenters. The molecule has 9 nitrogen and oxygen atoms in total. The van der Waals surface area contributed by atoms with E-state index < -0.39 is 0 Å². The number of fused-ring (bicyclic) bond motifs is 1. The van der Waals surface area contributed by atoms with E-state index in [-0.39, 0.29) is 17.7 Å². The lowest BCUT2D eigenvalue weighted by molar-refractivity contribution is 0.0964. The van der Waals surface area contributed by atoms with Crippen LogP contribution in [0.25, 0.3) is 22.2 Å². The van der Waals surface area contributed by atoms with Gasteiger partial charge >= 0.3 is 0 Å². The van der Waals surface area contributed by atoms with Crippen molar-refractivity contribution in [2.24, 2.45) is 5.92 Å². The molecule has 0 spiro atoms. The van der Waals surface area contributed by atoms with Gasteiger partial charge in [0.15, 0.2) is 0 Å². The molecule has 1 amide bonds. The average molecular weight is 499 g/mol. The second-order valence-electron chi connectivity index (χ2n) is 9.08. The molecule has 0 fully saturated rings. The van der Waals surface area contributed by atoms with Gasteiger partial charge in [-0.25, -0.2) is 15.0 Å². The van der Waals surface area contributed by atoms with Crippen LogP contribution in [0.15, 0.2) is 61.2 Å². The average Bonchev–Trinajstić information content (AvgIpc) is 2.95. The number of para-hydroxylation sites is 1. The number of nitrogens with zero attached hydrogens (tertiary/aromatic N) is 4. The topological polar surface area (TPSA) is 117 Å². The molecule has 3 aromatic heterocycles. The SMILES string of the molecule is CNCCNc1ccc(-c2cc(NC[C@@H](C)C(C)c3cccc4c(C(=O)NC)ccnc34)ncn2)cn1. The fourth-order valence-corrected chi connectivity index (χ4v) is 4.23. The Morgan fingerprint density at radius 3 is 2.54 bits per heavy atom. The molecule has 4 rings (SSSR count). The zero-order valence-electron chi connectivity index (χ0n) is 21.7. The summed E-state index contributed by atoms with van der Waals surface area (Å²) in [6, 6.07) is 13.7. The predicted octanol–water partition coefficient (Wildman–Crippen LogP) is 3.93. The summed E-state index contributed by atoms with van der Waals surface area (Å²) in [7, 11) is 3.56. The zero-order chi connectivity index (χ0) is 26.2. The summed E-state index contributed by atoms with van der Waals surface area (Å²) in [5.74, 6) is 1.97. The number of anilines is 2. The number of pyridine rings is 2. The van der Waals surface area contributed by atoms with E-state index >= 15 is 0 Å². The molecule has 1 aromatic carbocycles. The maximum atomic E-state index is 12.3. The van der Waals surface area contributed by atoms with E-state index in [0.717, 1.165) is 59.0 Å². The van der Waals surface area contributed by atoms with Gasteiger partial charge in [-0.1, -0.05) is 32.0 Å². The van der Waals surface area contributed by atoms with Gasteiger partial charge in [0.1, 0.15) is 18.0 Å². The van der Waals surface area contributed by atoms with Crippen molar-refractivity contribution < 1.29 is 4.79 Å². The smallest absolute Gasteiger partial charge is 0.251 e. The Balaban J connectivity index is 1.44. The van der Waals surface area contributed by atoms with Crippen molar-refractivity contribution in [2.75, 3.05) is 44.4 Å². The van der Waals surface area contributed by atoms with Crippen LogP contribution in [0.4, 0.5) is 11.6 Å². The van der Waals surface area contributed by atoms with Gasteiger partial charge in [-0.2, -0.15) is 0 Å². The van der Waals surface area contributed by atoms with E-state index in [2.05, 4.69) is 61.1 Å². The Bertz CT molecular complexity index is 1340. The number of aromatic nitrogens is 4. The van der Waals surface area contributed by atoms with Crippen LogP contribution in [-0.2, 0) is 0 Å². The molecule has 0 aliphatic rings. The summed E-state index contributed by atoms with van der Waals surface area (Å²) in [5.41, 5.74) is 4.36. The summed E-state index contributed by atoms with van der Waals surface area (Å²) in [5, 5.41) is 13.4. The summed E-state index contributed by atoms with van der Waals surface area (Å²) in [4.78, 5) is 30.3. The minimum Gasteiger partial charge on any atom is -0.370 e. The number of carbonyl (C=O) groups excluding carboxylic acids is 1. The van der Waals surface area contributed by atoms with Crippen LogP contribution in [0.2, 0.25) is 0 Å². The van der Waals surface area contributed by atoms with Crippen molar-refractivity contribution in [3.8, 4) is 11.3 Å². The molecule has 0 aliphatic heterocycles. The summed E-state index contributed by atoms with van der Waals surface area (Å²) in [6.45, 7) is 6.79. The first-order valence-corrected chi connectivity index (χ1v) is 12.5. The van der Waals surface area contributed by atoms with Crippen LogP contribution >= 0.6 is 0 Å². The van der Waals surface area contributed by atoms with Crippen molar-refractivity contribution >= 4 is 28.4 Å². The molecule has 192 valence electrons. The van der Waals surface area contributed by atoms with E-state index in [1.54, 1.807) is 25.6 Å². The van der Waals surface area contributed by atoms with Gasteiger partial charge in [-0.05, 0) is 42.6 Å². The fourth-order valence-electron chi connectivity index (χ4n) is 4.23. The number of rotatable bonds is 11. The third-order valence-corrected chi connectivity index (χ3v) is 6.63. The number of amides is 1. The number of carbonyl (C=O) groups is 1. The molecule has 0 bridgehead atoms. The van der Waals surface area contributed by atoms with E-state index in [4.69, 9.17) is 0 Å². The quantitative estimate of drug-likeness (QED) is 0.230. The summed E-state index contributed by atoms with van der Waals surface area (Å²) < 4.78 is 0. The standard InChI is InChI=1S/C28H34N8O/c1-18(19(2)21-6-5-7-22-23(28(37)30-4)10-11-32-27(21)22)15-33-26-14-24(35-17-36-26)20-8-9-25(34-16-20)31-13-12-29-3/h5-11,14,16-19,29H,12-13,15H2,1-4H3,(H,30,37)(H,31,34)(H,33,35,36)/t18-,19?/m1/s1. The predicted molar refractivity (Wildman–Crippen MR) is 149 cm³/mol. The summed E-state index contributed by atoms with van der Waals surface area (Å²) >= 11 is 0. The van der Waals surface area contributed by atoms with Gasteiger partial charge in [0.25, 0.3) is 5.91 Å². The third kappa shape index (κ3) is 6.18.